The van der Waals surface area contributed by atoms with Crippen LogP contribution in [0, 0.1) is 17.8 Å². The molecule has 5 aromatic carbocycles. The standard InChI is InChI=1S/C36H25NO5/c1-41-23-16-13-22(14-17-23)27-19-28-26-18-15-21-8-3-5-11-25(21)33(26)42-36(40)31(28)32-30(27)34(38)37(35(32)39)29-12-6-9-20-7-2-4-10-24(20)29/h2-19,27,30-32H,1H3/t27-,30+,31-,32-/m0/s1. The van der Waals surface area contributed by atoms with Crippen LogP contribution in [0.15, 0.2) is 109 Å². The van der Waals surface area contributed by atoms with Gasteiger partial charge in [-0.3, -0.25) is 14.4 Å². The summed E-state index contributed by atoms with van der Waals surface area (Å²) in [7, 11) is 1.61. The second-order valence-electron chi connectivity index (χ2n) is 11.0. The number of methoxy groups -OCH3 is 1. The average molecular weight is 552 g/mol. The fourth-order valence-electron chi connectivity index (χ4n) is 7.08. The Morgan fingerprint density at radius 1 is 0.690 bits per heavy atom. The normalized spacial score (nSPS) is 22.8. The van der Waals surface area contributed by atoms with Crippen molar-refractivity contribution in [2.24, 2.45) is 17.8 Å². The maximum absolute atomic E-state index is 14.4. The molecule has 0 aromatic heterocycles. The Balaban J connectivity index is 1.34. The summed E-state index contributed by atoms with van der Waals surface area (Å²) in [6, 6.07) is 32.6. The van der Waals surface area contributed by atoms with Crippen LogP contribution in [0.5, 0.6) is 11.5 Å². The zero-order valence-corrected chi connectivity index (χ0v) is 22.7. The monoisotopic (exact) mass is 551 g/mol. The Hall–Kier alpha value is -5.23. The van der Waals surface area contributed by atoms with Gasteiger partial charge in [0.2, 0.25) is 11.8 Å². The van der Waals surface area contributed by atoms with E-state index >= 15 is 0 Å². The predicted octanol–water partition coefficient (Wildman–Crippen LogP) is 6.52. The first kappa shape index (κ1) is 24.6. The lowest BCUT2D eigenvalue weighted by molar-refractivity contribution is -0.142. The molecule has 1 saturated heterocycles. The summed E-state index contributed by atoms with van der Waals surface area (Å²) < 4.78 is 11.4. The number of fused-ring (bicyclic) bond motifs is 8. The molecule has 6 nitrogen and oxygen atoms in total. The van der Waals surface area contributed by atoms with Gasteiger partial charge in [0.1, 0.15) is 11.5 Å². The van der Waals surface area contributed by atoms with Crippen LogP contribution < -0.4 is 14.4 Å². The lowest BCUT2D eigenvalue weighted by atomic mass is 9.64. The summed E-state index contributed by atoms with van der Waals surface area (Å²) in [6.07, 6.45) is 2.01. The van der Waals surface area contributed by atoms with Gasteiger partial charge in [-0.25, -0.2) is 4.90 Å². The highest BCUT2D eigenvalue weighted by Gasteiger charge is 2.60. The number of esters is 1. The average Bonchev–Trinajstić information content (AvgIpc) is 3.29. The largest absolute Gasteiger partial charge is 0.497 e. The van der Waals surface area contributed by atoms with Gasteiger partial charge in [0, 0.05) is 22.3 Å². The van der Waals surface area contributed by atoms with E-state index in [1.54, 1.807) is 13.2 Å². The fraction of sp³-hybridized carbons (Fsp3) is 0.139. The molecule has 0 radical (unpaired) electrons. The van der Waals surface area contributed by atoms with Crippen molar-refractivity contribution in [3.05, 3.63) is 120 Å². The van der Waals surface area contributed by atoms with E-state index in [2.05, 4.69) is 0 Å². The van der Waals surface area contributed by atoms with Crippen molar-refractivity contribution >= 4 is 50.6 Å². The van der Waals surface area contributed by atoms with Crippen LogP contribution >= 0.6 is 0 Å². The Bertz CT molecular complexity index is 1990. The van der Waals surface area contributed by atoms with Gasteiger partial charge < -0.3 is 9.47 Å². The summed E-state index contributed by atoms with van der Waals surface area (Å²) in [5.74, 6) is -3.01. The third-order valence-corrected chi connectivity index (χ3v) is 8.99. The number of ether oxygens (including phenoxy) is 2. The molecule has 1 fully saturated rings. The Morgan fingerprint density at radius 3 is 2.12 bits per heavy atom. The van der Waals surface area contributed by atoms with Gasteiger partial charge >= 0.3 is 5.97 Å². The Kier molecular flexibility index (Phi) is 5.35. The van der Waals surface area contributed by atoms with E-state index < -0.39 is 29.6 Å². The van der Waals surface area contributed by atoms with E-state index in [0.29, 0.717) is 17.2 Å². The molecule has 2 heterocycles. The van der Waals surface area contributed by atoms with Crippen LogP contribution in [-0.2, 0) is 14.4 Å². The molecule has 204 valence electrons. The van der Waals surface area contributed by atoms with E-state index in [9.17, 15) is 14.4 Å². The summed E-state index contributed by atoms with van der Waals surface area (Å²) in [5.41, 5.74) is 2.91. The quantitative estimate of drug-likeness (QED) is 0.145. The van der Waals surface area contributed by atoms with Crippen LogP contribution in [0.25, 0.3) is 27.1 Å². The molecule has 2 amide bonds. The molecule has 8 rings (SSSR count). The topological polar surface area (TPSA) is 72.9 Å². The van der Waals surface area contributed by atoms with Crippen LogP contribution in [-0.4, -0.2) is 24.9 Å². The number of carbonyl (C=O) groups excluding carboxylic acids is 3. The predicted molar refractivity (Wildman–Crippen MR) is 160 cm³/mol. The van der Waals surface area contributed by atoms with Crippen molar-refractivity contribution in [3.8, 4) is 11.5 Å². The molecule has 0 saturated carbocycles. The molecule has 1 aliphatic carbocycles. The number of allylic oxidation sites excluding steroid dienone is 1. The first-order valence-corrected chi connectivity index (χ1v) is 14.0. The molecule has 2 aliphatic heterocycles. The maximum atomic E-state index is 14.4. The van der Waals surface area contributed by atoms with Crippen molar-refractivity contribution in [3.63, 3.8) is 0 Å². The highest BCUT2D eigenvalue weighted by Crippen LogP contribution is 2.56. The van der Waals surface area contributed by atoms with Gasteiger partial charge in [0.05, 0.1) is 30.6 Å². The van der Waals surface area contributed by atoms with Gasteiger partial charge in [-0.05, 0) is 40.1 Å². The molecule has 0 spiro atoms. The number of imide groups is 1. The fourth-order valence-corrected chi connectivity index (χ4v) is 7.08. The van der Waals surface area contributed by atoms with E-state index in [1.807, 2.05) is 103 Å². The third kappa shape index (κ3) is 3.41. The highest BCUT2D eigenvalue weighted by atomic mass is 16.5. The minimum absolute atomic E-state index is 0.311. The van der Waals surface area contributed by atoms with Crippen LogP contribution in [0.2, 0.25) is 0 Å². The number of carbonyl (C=O) groups is 3. The van der Waals surface area contributed by atoms with Gasteiger partial charge in [-0.1, -0.05) is 91.0 Å². The molecule has 42 heavy (non-hydrogen) atoms. The van der Waals surface area contributed by atoms with E-state index in [4.69, 9.17) is 9.47 Å². The number of hydrogen-bond donors (Lipinski definition) is 0. The Labute approximate surface area is 241 Å². The molecular formula is C36H25NO5. The molecular weight excluding hydrogens is 526 g/mol. The number of anilines is 1. The summed E-state index contributed by atoms with van der Waals surface area (Å²) >= 11 is 0. The molecule has 4 atom stereocenters. The van der Waals surface area contributed by atoms with Crippen molar-refractivity contribution in [1.82, 2.24) is 0 Å². The van der Waals surface area contributed by atoms with Crippen LogP contribution in [0.1, 0.15) is 17.0 Å². The zero-order chi connectivity index (χ0) is 28.5. The summed E-state index contributed by atoms with van der Waals surface area (Å²) in [4.78, 5) is 44.0. The first-order valence-electron chi connectivity index (χ1n) is 14.0. The second kappa shape index (κ2) is 9.14. The minimum Gasteiger partial charge on any atom is -0.497 e. The number of benzene rings is 5. The SMILES string of the molecule is COc1ccc([C@@H]2C=C3c4ccc5ccccc5c4OC(=O)[C@@H]3[C@H]3C(=O)N(c4cccc5ccccc45)C(=O)[C@@H]32)cc1. The van der Waals surface area contributed by atoms with Crippen molar-refractivity contribution in [2.75, 3.05) is 12.0 Å². The van der Waals surface area contributed by atoms with Crippen LogP contribution in [0.3, 0.4) is 0 Å². The Morgan fingerprint density at radius 2 is 1.36 bits per heavy atom. The van der Waals surface area contributed by atoms with E-state index in [1.165, 1.54) is 4.90 Å². The van der Waals surface area contributed by atoms with E-state index in [-0.39, 0.29) is 11.8 Å². The number of hydrogen-bond acceptors (Lipinski definition) is 5. The van der Waals surface area contributed by atoms with Crippen molar-refractivity contribution in [1.29, 1.82) is 0 Å². The highest BCUT2D eigenvalue weighted by molar-refractivity contribution is 6.27. The van der Waals surface area contributed by atoms with Gasteiger partial charge in [0.25, 0.3) is 0 Å². The number of nitrogens with zero attached hydrogens (tertiary/aromatic N) is 1. The second-order valence-corrected chi connectivity index (χ2v) is 11.0. The first-order chi connectivity index (χ1) is 20.5. The minimum atomic E-state index is -0.907. The maximum Gasteiger partial charge on any atom is 0.319 e. The lowest BCUT2D eigenvalue weighted by Crippen LogP contribution is -2.42. The summed E-state index contributed by atoms with van der Waals surface area (Å²) in [5, 5.41) is 3.52. The van der Waals surface area contributed by atoms with Gasteiger partial charge in [-0.2, -0.15) is 0 Å². The molecule has 5 aromatic rings. The molecule has 6 heteroatoms. The molecule has 0 bridgehead atoms. The van der Waals surface area contributed by atoms with Gasteiger partial charge in [-0.15, -0.1) is 0 Å². The van der Waals surface area contributed by atoms with Gasteiger partial charge in [0.15, 0.2) is 0 Å². The smallest absolute Gasteiger partial charge is 0.319 e. The molecule has 0 N–H and O–H groups in total. The summed E-state index contributed by atoms with van der Waals surface area (Å²) in [6.45, 7) is 0. The lowest BCUT2D eigenvalue weighted by Gasteiger charge is -2.38. The van der Waals surface area contributed by atoms with Crippen molar-refractivity contribution in [2.45, 2.75) is 5.92 Å². The third-order valence-electron chi connectivity index (χ3n) is 8.99. The van der Waals surface area contributed by atoms with E-state index in [0.717, 1.165) is 38.2 Å². The van der Waals surface area contributed by atoms with Crippen molar-refractivity contribution < 1.29 is 23.9 Å². The molecule has 0 unspecified atom stereocenters. The number of amides is 2. The molecule has 3 aliphatic rings. The zero-order valence-electron chi connectivity index (χ0n) is 22.7. The van der Waals surface area contributed by atoms with Crippen LogP contribution in [0.4, 0.5) is 5.69 Å². The number of rotatable bonds is 3.